The van der Waals surface area contributed by atoms with Crippen LogP contribution in [0.2, 0.25) is 0 Å². The van der Waals surface area contributed by atoms with Gasteiger partial charge in [-0.05, 0) is 24.3 Å². The summed E-state index contributed by atoms with van der Waals surface area (Å²) in [4.78, 5) is 47.3. The molecular formula is C22H16F6O7. The van der Waals surface area contributed by atoms with Crippen LogP contribution in [0.4, 0.5) is 26.3 Å². The molecule has 0 heterocycles. The standard InChI is InChI=1S/C22H16F6O7/c23-21(24,25)14-5-1-12(2-6-14)17(30)10-34-19(32)9-16(29)20(33)35-11-18(31)13-3-7-15(8-4-13)22(26,27)28/h1-8,16,29H,9-11H2/t16-/m1/s1. The van der Waals surface area contributed by atoms with Gasteiger partial charge in [-0.1, -0.05) is 24.3 Å². The number of carbonyl (C=O) groups excluding carboxylic acids is 4. The van der Waals surface area contributed by atoms with E-state index in [2.05, 4.69) is 9.47 Å². The first-order valence-corrected chi connectivity index (χ1v) is 9.59. The van der Waals surface area contributed by atoms with Crippen molar-refractivity contribution in [3.63, 3.8) is 0 Å². The first kappa shape index (κ1) is 27.5. The van der Waals surface area contributed by atoms with Crippen LogP contribution < -0.4 is 0 Å². The highest BCUT2D eigenvalue weighted by molar-refractivity contribution is 5.99. The molecule has 0 bridgehead atoms. The van der Waals surface area contributed by atoms with Gasteiger partial charge >= 0.3 is 24.3 Å². The fourth-order valence-corrected chi connectivity index (χ4v) is 2.54. The zero-order chi connectivity index (χ0) is 26.4. The number of alkyl halides is 6. The minimum atomic E-state index is -4.60. The Balaban J connectivity index is 1.78. The van der Waals surface area contributed by atoms with Crippen LogP contribution in [-0.4, -0.2) is 47.9 Å². The lowest BCUT2D eigenvalue weighted by molar-refractivity contribution is -0.158. The van der Waals surface area contributed by atoms with E-state index in [-0.39, 0.29) is 11.1 Å². The summed E-state index contributed by atoms with van der Waals surface area (Å²) >= 11 is 0. The highest BCUT2D eigenvalue weighted by Crippen LogP contribution is 2.30. The van der Waals surface area contributed by atoms with Gasteiger partial charge in [0.2, 0.25) is 0 Å². The molecule has 0 aliphatic rings. The normalized spacial score (nSPS) is 12.5. The predicted molar refractivity (Wildman–Crippen MR) is 104 cm³/mol. The van der Waals surface area contributed by atoms with Crippen molar-refractivity contribution in [2.75, 3.05) is 13.2 Å². The Morgan fingerprint density at radius 1 is 0.686 bits per heavy atom. The molecular weight excluding hydrogens is 490 g/mol. The molecule has 0 unspecified atom stereocenters. The van der Waals surface area contributed by atoms with Gasteiger partial charge in [-0.25, -0.2) is 4.79 Å². The lowest BCUT2D eigenvalue weighted by Crippen LogP contribution is -2.29. The fraction of sp³-hybridized carbons (Fsp3) is 0.273. The molecule has 0 spiro atoms. The van der Waals surface area contributed by atoms with E-state index in [1.54, 1.807) is 0 Å². The molecule has 2 aromatic carbocycles. The third-order valence-electron chi connectivity index (χ3n) is 4.41. The Morgan fingerprint density at radius 2 is 1.06 bits per heavy atom. The van der Waals surface area contributed by atoms with Gasteiger partial charge in [0.15, 0.2) is 30.9 Å². The second-order valence-corrected chi connectivity index (χ2v) is 6.98. The number of esters is 2. The Kier molecular flexibility index (Phi) is 8.74. The van der Waals surface area contributed by atoms with E-state index in [0.29, 0.717) is 24.3 Å². The average molecular weight is 506 g/mol. The number of hydrogen-bond acceptors (Lipinski definition) is 7. The third kappa shape index (κ3) is 8.21. The van der Waals surface area contributed by atoms with Gasteiger partial charge < -0.3 is 14.6 Å². The van der Waals surface area contributed by atoms with E-state index in [1.807, 2.05) is 0 Å². The van der Waals surface area contributed by atoms with Gasteiger partial charge in [0, 0.05) is 11.1 Å². The summed E-state index contributed by atoms with van der Waals surface area (Å²) in [5.74, 6) is -4.34. The van der Waals surface area contributed by atoms with E-state index in [1.165, 1.54) is 0 Å². The monoisotopic (exact) mass is 506 g/mol. The Labute approximate surface area is 193 Å². The van der Waals surface area contributed by atoms with E-state index in [4.69, 9.17) is 0 Å². The smallest absolute Gasteiger partial charge is 0.416 e. The number of aliphatic hydroxyl groups excluding tert-OH is 1. The zero-order valence-electron chi connectivity index (χ0n) is 17.5. The van der Waals surface area contributed by atoms with E-state index in [0.717, 1.165) is 24.3 Å². The summed E-state index contributed by atoms with van der Waals surface area (Å²) in [6.07, 6.45) is -12.2. The Morgan fingerprint density at radius 3 is 1.43 bits per heavy atom. The van der Waals surface area contributed by atoms with Crippen LogP contribution in [-0.2, 0) is 31.4 Å². The molecule has 0 saturated heterocycles. The van der Waals surface area contributed by atoms with Gasteiger partial charge in [-0.2, -0.15) is 26.3 Å². The molecule has 2 rings (SSSR count). The Hall–Kier alpha value is -3.74. The van der Waals surface area contributed by atoms with Crippen LogP contribution in [0.1, 0.15) is 38.3 Å². The summed E-state index contributed by atoms with van der Waals surface area (Å²) < 4.78 is 84.3. The summed E-state index contributed by atoms with van der Waals surface area (Å²) in [6.45, 7) is -1.80. The molecule has 7 nitrogen and oxygen atoms in total. The molecule has 0 aliphatic carbocycles. The van der Waals surface area contributed by atoms with Crippen LogP contribution in [0, 0.1) is 0 Å². The van der Waals surface area contributed by atoms with Crippen molar-refractivity contribution >= 4 is 23.5 Å². The van der Waals surface area contributed by atoms with Crippen LogP contribution in [0.15, 0.2) is 48.5 Å². The lowest BCUT2D eigenvalue weighted by atomic mass is 10.1. The number of ether oxygens (including phenoxy) is 2. The van der Waals surface area contributed by atoms with Crippen molar-refractivity contribution in [2.45, 2.75) is 24.9 Å². The Bertz CT molecular complexity index is 1070. The topological polar surface area (TPSA) is 107 Å². The van der Waals surface area contributed by atoms with Gasteiger partial charge in [0.25, 0.3) is 0 Å². The third-order valence-corrected chi connectivity index (χ3v) is 4.41. The minimum absolute atomic E-state index is 0.174. The number of halogens is 6. The number of rotatable bonds is 9. The maximum absolute atomic E-state index is 12.5. The lowest BCUT2D eigenvalue weighted by Gasteiger charge is -2.11. The second kappa shape index (κ2) is 11.1. The highest BCUT2D eigenvalue weighted by Gasteiger charge is 2.31. The molecule has 0 amide bonds. The molecule has 13 heteroatoms. The highest BCUT2D eigenvalue weighted by atomic mass is 19.4. The predicted octanol–water partition coefficient (Wildman–Crippen LogP) is 3.63. The van der Waals surface area contributed by atoms with Crippen LogP contribution in [0.5, 0.6) is 0 Å². The van der Waals surface area contributed by atoms with Crippen molar-refractivity contribution in [3.05, 3.63) is 70.8 Å². The van der Waals surface area contributed by atoms with E-state index >= 15 is 0 Å². The molecule has 1 atom stereocenters. The molecule has 0 saturated carbocycles. The molecule has 188 valence electrons. The first-order valence-electron chi connectivity index (χ1n) is 9.59. The van der Waals surface area contributed by atoms with Gasteiger partial charge in [-0.3, -0.25) is 14.4 Å². The SMILES string of the molecule is O=C(C[C@@H](O)C(=O)OCC(=O)c1ccc(C(F)(F)F)cc1)OCC(=O)c1ccc(C(F)(F)F)cc1. The molecule has 0 aromatic heterocycles. The minimum Gasteiger partial charge on any atom is -0.457 e. The van der Waals surface area contributed by atoms with E-state index < -0.39 is 72.7 Å². The molecule has 2 aromatic rings. The first-order chi connectivity index (χ1) is 16.2. The number of aliphatic hydroxyl groups is 1. The zero-order valence-corrected chi connectivity index (χ0v) is 17.5. The van der Waals surface area contributed by atoms with Crippen molar-refractivity contribution in [1.82, 2.24) is 0 Å². The van der Waals surface area contributed by atoms with Crippen LogP contribution >= 0.6 is 0 Å². The van der Waals surface area contributed by atoms with Crippen LogP contribution in [0.3, 0.4) is 0 Å². The number of ketones is 2. The quantitative estimate of drug-likeness (QED) is 0.315. The van der Waals surface area contributed by atoms with Gasteiger partial charge in [0.05, 0.1) is 17.5 Å². The van der Waals surface area contributed by atoms with Crippen LogP contribution in [0.25, 0.3) is 0 Å². The van der Waals surface area contributed by atoms with Gasteiger partial charge in [-0.15, -0.1) is 0 Å². The number of benzene rings is 2. The van der Waals surface area contributed by atoms with Crippen molar-refractivity contribution in [3.8, 4) is 0 Å². The van der Waals surface area contributed by atoms with Crippen molar-refractivity contribution in [1.29, 1.82) is 0 Å². The van der Waals surface area contributed by atoms with Gasteiger partial charge in [0.1, 0.15) is 0 Å². The number of Topliss-reactive ketones (excluding diaryl/α,β-unsaturated/α-hetero) is 2. The molecule has 35 heavy (non-hydrogen) atoms. The summed E-state index contributed by atoms with van der Waals surface area (Å²) in [5.41, 5.74) is -2.34. The summed E-state index contributed by atoms with van der Waals surface area (Å²) in [7, 11) is 0. The molecule has 0 aliphatic heterocycles. The molecule has 1 N–H and O–H groups in total. The summed E-state index contributed by atoms with van der Waals surface area (Å²) in [5, 5.41) is 9.68. The number of carbonyl (C=O) groups is 4. The van der Waals surface area contributed by atoms with Crippen molar-refractivity contribution < 1.29 is 60.1 Å². The average Bonchev–Trinajstić information content (AvgIpc) is 2.79. The number of hydrogen-bond donors (Lipinski definition) is 1. The fourth-order valence-electron chi connectivity index (χ4n) is 2.54. The van der Waals surface area contributed by atoms with E-state index in [9.17, 15) is 50.6 Å². The largest absolute Gasteiger partial charge is 0.457 e. The molecule has 0 fully saturated rings. The second-order valence-electron chi connectivity index (χ2n) is 6.98. The molecule has 0 radical (unpaired) electrons. The maximum Gasteiger partial charge on any atom is 0.416 e. The maximum atomic E-state index is 12.5. The van der Waals surface area contributed by atoms with Crippen molar-refractivity contribution in [2.24, 2.45) is 0 Å². The summed E-state index contributed by atoms with van der Waals surface area (Å²) in [6, 6.07) is 6.18.